The van der Waals surface area contributed by atoms with Crippen LogP contribution in [0.1, 0.15) is 156 Å². The third kappa shape index (κ3) is 7.47. The molecule has 0 spiro atoms. The summed E-state index contributed by atoms with van der Waals surface area (Å²) >= 11 is 5.27. The van der Waals surface area contributed by atoms with E-state index >= 15 is 0 Å². The number of rotatable bonds is 16. The van der Waals surface area contributed by atoms with Crippen LogP contribution < -0.4 is 0 Å². The highest BCUT2D eigenvalue weighted by molar-refractivity contribution is 7.26. The number of unbranched alkanes of at least 4 members (excludes halogenated alkanes) is 9. The Kier molecular flexibility index (Phi) is 11.3. The molecule has 0 bridgehead atoms. The molecular weight excluding hydrogens is 575 g/mol. The molecule has 42 heavy (non-hydrogen) atoms. The number of fused-ring (bicyclic) bond motifs is 1. The van der Waals surface area contributed by atoms with Gasteiger partial charge in [0.1, 0.15) is 0 Å². The minimum atomic E-state index is -0.205. The lowest BCUT2D eigenvalue weighted by Gasteiger charge is -2.22. The molecule has 0 fully saturated rings. The van der Waals surface area contributed by atoms with E-state index in [0.717, 1.165) is 27.5 Å². The fourth-order valence-corrected chi connectivity index (χ4v) is 9.73. The average Bonchev–Trinajstić information content (AvgIpc) is 3.71. The second-order valence-electron chi connectivity index (χ2n) is 13.7. The number of carbonyl (C=O) groups is 2. The molecule has 6 heteroatoms. The zero-order valence-corrected chi connectivity index (χ0v) is 29.4. The Morgan fingerprint density at radius 3 is 1.79 bits per heavy atom. The zero-order valence-electron chi connectivity index (χ0n) is 27.0. The van der Waals surface area contributed by atoms with Crippen molar-refractivity contribution in [2.24, 2.45) is 0 Å². The van der Waals surface area contributed by atoms with Crippen LogP contribution in [0.25, 0.3) is 19.5 Å². The molecular formula is C36H51NO2S3. The lowest BCUT2D eigenvalue weighted by Crippen LogP contribution is -2.31. The number of imide groups is 1. The number of thiophene rings is 3. The molecule has 0 unspecified atom stereocenters. The van der Waals surface area contributed by atoms with E-state index in [0.29, 0.717) is 17.7 Å². The van der Waals surface area contributed by atoms with Gasteiger partial charge in [-0.05, 0) is 47.9 Å². The summed E-state index contributed by atoms with van der Waals surface area (Å²) in [5.74, 6) is -0.182. The van der Waals surface area contributed by atoms with E-state index < -0.39 is 0 Å². The summed E-state index contributed by atoms with van der Waals surface area (Å²) in [6, 6.07) is 8.87. The first-order valence-electron chi connectivity index (χ1n) is 16.2. The van der Waals surface area contributed by atoms with Crippen molar-refractivity contribution in [1.82, 2.24) is 4.90 Å². The summed E-state index contributed by atoms with van der Waals surface area (Å²) in [6.45, 7) is 16.1. The Morgan fingerprint density at radius 1 is 0.619 bits per heavy atom. The minimum absolute atomic E-state index is 0.0869. The first kappa shape index (κ1) is 33.1. The Labute approximate surface area is 266 Å². The summed E-state index contributed by atoms with van der Waals surface area (Å²) < 4.78 is 0. The van der Waals surface area contributed by atoms with Gasteiger partial charge in [-0.3, -0.25) is 14.5 Å². The highest BCUT2D eigenvalue weighted by Gasteiger charge is 2.44. The largest absolute Gasteiger partial charge is 0.274 e. The maximum Gasteiger partial charge on any atom is 0.263 e. The highest BCUT2D eigenvalue weighted by atomic mass is 32.1. The van der Waals surface area contributed by atoms with Crippen molar-refractivity contribution in [3.8, 4) is 19.5 Å². The van der Waals surface area contributed by atoms with Crippen LogP contribution in [0.4, 0.5) is 0 Å². The van der Waals surface area contributed by atoms with Crippen LogP contribution in [0.2, 0.25) is 0 Å². The first-order valence-corrected chi connectivity index (χ1v) is 18.7. The molecule has 0 saturated carbocycles. The van der Waals surface area contributed by atoms with Gasteiger partial charge in [0.25, 0.3) is 11.8 Å². The maximum atomic E-state index is 13.8. The van der Waals surface area contributed by atoms with Crippen LogP contribution >= 0.6 is 34.0 Å². The van der Waals surface area contributed by atoms with Crippen LogP contribution in [0.5, 0.6) is 0 Å². The molecule has 4 rings (SSSR count). The van der Waals surface area contributed by atoms with Gasteiger partial charge in [-0.15, -0.1) is 34.0 Å². The van der Waals surface area contributed by atoms with E-state index in [2.05, 4.69) is 72.7 Å². The third-order valence-electron chi connectivity index (χ3n) is 8.46. The van der Waals surface area contributed by atoms with Gasteiger partial charge >= 0.3 is 0 Å². The predicted octanol–water partition coefficient (Wildman–Crippen LogP) is 12.1. The van der Waals surface area contributed by atoms with Crippen LogP contribution in [-0.4, -0.2) is 23.3 Å². The van der Waals surface area contributed by atoms with Crippen molar-refractivity contribution in [1.29, 1.82) is 0 Å². The quantitative estimate of drug-likeness (QED) is 0.117. The second-order valence-corrected chi connectivity index (χ2v) is 16.9. The van der Waals surface area contributed by atoms with Gasteiger partial charge in [-0.25, -0.2) is 0 Å². The molecule has 0 N–H and O–H groups in total. The average molecular weight is 626 g/mol. The molecule has 3 aromatic heterocycles. The van der Waals surface area contributed by atoms with Gasteiger partial charge in [0, 0.05) is 30.9 Å². The number of nitrogens with zero attached hydrogens (tertiary/aromatic N) is 1. The van der Waals surface area contributed by atoms with Crippen LogP contribution in [0.3, 0.4) is 0 Å². The van der Waals surface area contributed by atoms with Gasteiger partial charge in [-0.1, -0.05) is 113 Å². The number of amides is 2. The molecule has 1 aliphatic rings. The van der Waals surface area contributed by atoms with E-state index in [1.54, 1.807) is 22.7 Å². The monoisotopic (exact) mass is 625 g/mol. The van der Waals surface area contributed by atoms with Gasteiger partial charge in [-0.2, -0.15) is 0 Å². The molecule has 0 saturated heterocycles. The van der Waals surface area contributed by atoms with Crippen LogP contribution in [0, 0.1) is 0 Å². The van der Waals surface area contributed by atoms with Gasteiger partial charge in [0.15, 0.2) is 0 Å². The maximum absolute atomic E-state index is 13.8. The van der Waals surface area contributed by atoms with Crippen molar-refractivity contribution in [3.63, 3.8) is 0 Å². The van der Waals surface area contributed by atoms with Crippen LogP contribution in [-0.2, 0) is 10.8 Å². The topological polar surface area (TPSA) is 37.4 Å². The molecule has 3 aromatic rings. The van der Waals surface area contributed by atoms with Gasteiger partial charge in [0.2, 0.25) is 0 Å². The van der Waals surface area contributed by atoms with Crippen molar-refractivity contribution >= 4 is 45.8 Å². The summed E-state index contributed by atoms with van der Waals surface area (Å²) in [6.07, 6.45) is 14.7. The van der Waals surface area contributed by atoms with Crippen molar-refractivity contribution < 1.29 is 9.59 Å². The van der Waals surface area contributed by atoms with Crippen molar-refractivity contribution in [2.45, 2.75) is 136 Å². The molecule has 0 aromatic carbocycles. The standard InChI is InChI=1S/C36H51NO2S3/c1-8-10-11-12-13-14-15-16-17-18-24-37-33(38)29-30(34(37)39)32(35(3,4)5)42-31(29)27-20-19-25(40-27)26-21-22-28(41-26)36(6,7)23-9-2/h19-22H,8-18,23-24H2,1-7H3. The minimum Gasteiger partial charge on any atom is -0.274 e. The molecule has 0 atom stereocenters. The fraction of sp³-hybridized carbons (Fsp3) is 0.611. The van der Waals surface area contributed by atoms with Crippen molar-refractivity contribution in [3.05, 3.63) is 45.1 Å². The summed E-state index contributed by atoms with van der Waals surface area (Å²) in [4.78, 5) is 36.1. The lowest BCUT2D eigenvalue weighted by atomic mass is 9.86. The number of hydrogen-bond donors (Lipinski definition) is 0. The molecule has 2 amide bonds. The number of carbonyl (C=O) groups excluding carboxylic acids is 2. The zero-order chi connectivity index (χ0) is 30.5. The summed E-state index contributed by atoms with van der Waals surface area (Å²) in [5, 5.41) is 0. The van der Waals surface area contributed by atoms with Gasteiger partial charge < -0.3 is 0 Å². The van der Waals surface area contributed by atoms with Crippen LogP contribution in [0.15, 0.2) is 24.3 Å². The SMILES string of the molecule is CCCCCCCCCCCCN1C(=O)c2c(-c3ccc(-c4ccc(C(C)(C)CCC)s4)s3)sc(C(C)(C)C)c2C1=O. The Hall–Kier alpha value is -1.76. The highest BCUT2D eigenvalue weighted by Crippen LogP contribution is 2.49. The molecule has 4 heterocycles. The third-order valence-corrected chi connectivity index (χ3v) is 13.0. The smallest absolute Gasteiger partial charge is 0.263 e. The van der Waals surface area contributed by atoms with E-state index in [1.165, 1.54) is 83.7 Å². The Balaban J connectivity index is 1.47. The predicted molar refractivity (Wildman–Crippen MR) is 185 cm³/mol. The fourth-order valence-electron chi connectivity index (χ4n) is 6.04. The number of hydrogen-bond acceptors (Lipinski definition) is 5. The summed E-state index contributed by atoms with van der Waals surface area (Å²) in [5.41, 5.74) is 1.28. The molecule has 3 nitrogen and oxygen atoms in total. The molecule has 0 aliphatic carbocycles. The lowest BCUT2D eigenvalue weighted by molar-refractivity contribution is 0.0650. The first-order chi connectivity index (χ1) is 20.0. The normalized spacial score (nSPS) is 13.9. The Morgan fingerprint density at radius 2 is 1.17 bits per heavy atom. The van der Waals surface area contributed by atoms with E-state index in [9.17, 15) is 9.59 Å². The van der Waals surface area contributed by atoms with Gasteiger partial charge in [0.05, 0.1) is 16.0 Å². The van der Waals surface area contributed by atoms with E-state index in [1.807, 2.05) is 11.3 Å². The van der Waals surface area contributed by atoms with E-state index in [4.69, 9.17) is 0 Å². The molecule has 1 aliphatic heterocycles. The Bertz CT molecular complexity index is 1350. The molecule has 0 radical (unpaired) electrons. The summed E-state index contributed by atoms with van der Waals surface area (Å²) in [7, 11) is 0. The van der Waals surface area contributed by atoms with Crippen molar-refractivity contribution in [2.75, 3.05) is 6.54 Å². The van der Waals surface area contributed by atoms with E-state index in [-0.39, 0.29) is 22.6 Å². The second kappa shape index (κ2) is 14.3. The molecule has 230 valence electrons.